The zero-order valence-electron chi connectivity index (χ0n) is 33.1. The predicted octanol–water partition coefficient (Wildman–Crippen LogP) is 12.8. The molecular weight excluding hydrogens is 763 g/mol. The van der Waals surface area contributed by atoms with Crippen LogP contribution < -0.4 is 9.35 Å². The van der Waals surface area contributed by atoms with Gasteiger partial charge in [0, 0.05) is 55.4 Å². The molecule has 0 fully saturated rings. The molecule has 0 aliphatic rings. The molecule has 0 aliphatic carbocycles. The van der Waals surface area contributed by atoms with Gasteiger partial charge in [-0.25, -0.2) is 0 Å². The highest BCUT2D eigenvalue weighted by molar-refractivity contribution is 6.22. The largest absolute Gasteiger partial charge is 0.454 e. The van der Waals surface area contributed by atoms with E-state index in [0.717, 1.165) is 121 Å². The van der Waals surface area contributed by atoms with Crippen LogP contribution in [0.25, 0.3) is 121 Å². The van der Waals surface area contributed by atoms with Crippen molar-refractivity contribution in [3.05, 3.63) is 200 Å². The van der Waals surface area contributed by atoms with Gasteiger partial charge in [-0.05, 0) is 70.0 Å². The van der Waals surface area contributed by atoms with Gasteiger partial charge in [0.05, 0.1) is 11.1 Å². The smallest absolute Gasteiger partial charge is 0.328 e. The predicted molar refractivity (Wildman–Crippen MR) is 248 cm³/mol. The Labute approximate surface area is 352 Å². The van der Waals surface area contributed by atoms with Gasteiger partial charge in [-0.1, -0.05) is 121 Å². The van der Waals surface area contributed by atoms with Crippen LogP contribution in [0.5, 0.6) is 0 Å². The summed E-state index contributed by atoms with van der Waals surface area (Å²) in [7, 11) is 0. The van der Waals surface area contributed by atoms with E-state index in [9.17, 15) is 0 Å². The molecule has 0 amide bonds. The van der Waals surface area contributed by atoms with Crippen molar-refractivity contribution in [1.29, 1.82) is 0 Å². The lowest BCUT2D eigenvalue weighted by molar-refractivity contribution is -0.726. The number of hydrogen-bond acceptors (Lipinski definition) is 3. The number of pyridine rings is 1. The first-order valence-corrected chi connectivity index (χ1v) is 20.9. The van der Waals surface area contributed by atoms with E-state index < -0.39 is 0 Å². The molecule has 0 bridgehead atoms. The van der Waals surface area contributed by atoms with Gasteiger partial charge in [0.1, 0.15) is 28.4 Å². The van der Waals surface area contributed by atoms with Gasteiger partial charge in [-0.3, -0.25) is 4.98 Å². The van der Waals surface area contributed by atoms with Crippen molar-refractivity contribution in [2.45, 2.75) is 0 Å². The number of nitrogens with zero attached hydrogens (tertiary/aromatic N) is 5. The minimum absolute atomic E-state index is 0.830. The molecule has 8 aromatic carbocycles. The molecular formula is C55H33N5O2+2. The van der Waals surface area contributed by atoms with Crippen molar-refractivity contribution < 1.29 is 18.2 Å². The molecule has 0 spiro atoms. The quantitative estimate of drug-likeness (QED) is 0.167. The maximum Gasteiger partial charge on any atom is 0.328 e. The first-order chi connectivity index (χ1) is 30.8. The van der Waals surface area contributed by atoms with Crippen molar-refractivity contribution in [1.82, 2.24) is 14.3 Å². The summed E-state index contributed by atoms with van der Waals surface area (Å²) in [5.74, 6) is 0. The summed E-state index contributed by atoms with van der Waals surface area (Å²) >= 11 is 0. The summed E-state index contributed by atoms with van der Waals surface area (Å²) in [6.07, 6.45) is 3.89. The van der Waals surface area contributed by atoms with E-state index in [2.05, 4.69) is 195 Å². The Morgan fingerprint density at radius 1 is 0.355 bits per heavy atom. The molecule has 14 aromatic rings. The van der Waals surface area contributed by atoms with E-state index in [0.29, 0.717) is 0 Å². The second-order valence-corrected chi connectivity index (χ2v) is 15.9. The van der Waals surface area contributed by atoms with Gasteiger partial charge in [-0.2, -0.15) is 0 Å². The van der Waals surface area contributed by atoms with Crippen molar-refractivity contribution in [3.8, 4) is 22.5 Å². The average Bonchev–Trinajstić information content (AvgIpc) is 4.09. The fourth-order valence-electron chi connectivity index (χ4n) is 10.1. The molecule has 0 atom stereocenters. The van der Waals surface area contributed by atoms with E-state index in [1.54, 1.807) is 0 Å². The van der Waals surface area contributed by atoms with Crippen LogP contribution >= 0.6 is 0 Å². The van der Waals surface area contributed by atoms with Crippen LogP contribution in [0.3, 0.4) is 0 Å². The molecule has 0 radical (unpaired) electrons. The summed E-state index contributed by atoms with van der Waals surface area (Å²) in [5, 5.41) is 8.77. The van der Waals surface area contributed by atoms with Crippen LogP contribution in [0.4, 0.5) is 0 Å². The van der Waals surface area contributed by atoms with Gasteiger partial charge < -0.3 is 8.83 Å². The second-order valence-electron chi connectivity index (χ2n) is 15.9. The number of fused-ring (bicyclic) bond motifs is 15. The summed E-state index contributed by atoms with van der Waals surface area (Å²) in [6, 6.07) is 66.5. The molecule has 62 heavy (non-hydrogen) atoms. The first kappa shape index (κ1) is 33.3. The maximum atomic E-state index is 6.91. The van der Waals surface area contributed by atoms with Crippen LogP contribution in [-0.4, -0.2) is 14.3 Å². The fourth-order valence-corrected chi connectivity index (χ4v) is 10.1. The minimum atomic E-state index is 0.830. The lowest BCUT2D eigenvalue weighted by Crippen LogP contribution is -2.54. The molecule has 0 N–H and O–H groups in total. The van der Waals surface area contributed by atoms with E-state index in [-0.39, 0.29) is 0 Å². The molecule has 14 rings (SSSR count). The fraction of sp³-hybridized carbons (Fsp3) is 0. The summed E-state index contributed by atoms with van der Waals surface area (Å²) in [6.45, 7) is 0. The zero-order valence-corrected chi connectivity index (χ0v) is 33.1. The van der Waals surface area contributed by atoms with Gasteiger partial charge in [0.15, 0.2) is 22.2 Å². The van der Waals surface area contributed by atoms with Crippen LogP contribution in [0.15, 0.2) is 209 Å². The highest BCUT2D eigenvalue weighted by atomic mass is 16.3. The van der Waals surface area contributed by atoms with Crippen LogP contribution in [0, 0.1) is 0 Å². The summed E-state index contributed by atoms with van der Waals surface area (Å²) < 4.78 is 23.3. The Morgan fingerprint density at radius 2 is 0.774 bits per heavy atom. The first-order valence-electron chi connectivity index (χ1n) is 20.9. The molecule has 7 nitrogen and oxygen atoms in total. The van der Waals surface area contributed by atoms with Crippen LogP contribution in [0.2, 0.25) is 0 Å². The highest BCUT2D eigenvalue weighted by Gasteiger charge is 2.41. The van der Waals surface area contributed by atoms with Gasteiger partial charge in [-0.15, -0.1) is 9.35 Å². The minimum Gasteiger partial charge on any atom is -0.454 e. The van der Waals surface area contributed by atoms with Gasteiger partial charge in [0.25, 0.3) is 0 Å². The normalized spacial score (nSPS) is 12.2. The van der Waals surface area contributed by atoms with E-state index in [1.807, 2.05) is 24.5 Å². The number of aromatic nitrogens is 5. The van der Waals surface area contributed by atoms with Crippen molar-refractivity contribution >= 4 is 98.5 Å². The number of rotatable bonds is 4. The van der Waals surface area contributed by atoms with Gasteiger partial charge in [0.2, 0.25) is 0 Å². The summed E-state index contributed by atoms with van der Waals surface area (Å²) in [4.78, 5) is 4.90. The van der Waals surface area contributed by atoms with Crippen molar-refractivity contribution in [2.24, 2.45) is 0 Å². The van der Waals surface area contributed by atoms with Crippen molar-refractivity contribution in [3.63, 3.8) is 0 Å². The third kappa shape index (κ3) is 4.40. The van der Waals surface area contributed by atoms with E-state index in [4.69, 9.17) is 13.8 Å². The van der Waals surface area contributed by atoms with Crippen molar-refractivity contribution in [2.75, 3.05) is 0 Å². The third-order valence-corrected chi connectivity index (χ3v) is 12.7. The van der Waals surface area contributed by atoms with E-state index in [1.165, 1.54) is 0 Å². The SMILES string of the molecule is c1ccc(-c2c(-c3ccccc3)[n+](-n3c4ccccc4c4ccc5c6ccccc6oc5c43)c3cnccc3[n+]2-n2c3ccccc3c3ccc4c5ccccc5oc4c32)cc1. The Bertz CT molecular complexity index is 3890. The Kier molecular flexibility index (Phi) is 6.71. The van der Waals surface area contributed by atoms with E-state index >= 15 is 0 Å². The monoisotopic (exact) mass is 795 g/mol. The molecule has 6 heterocycles. The standard InChI is InChI=1S/C55H33N5O2/c1-3-15-34(16-4-1)50-51(35-17-5-2-6-18-35)60(58-45-24-12-8-20-37(45)41-28-30-43-39-22-10-14-26-49(39)62-55(43)53(41)58)47-33-56-32-31-46(47)59(50)57-44-23-11-7-19-36(44)40-27-29-42-38-21-9-13-25-48(38)61-54(42)52(40)57/h1-33H/q+2. The molecule has 288 valence electrons. The highest BCUT2D eigenvalue weighted by Crippen LogP contribution is 2.42. The maximum absolute atomic E-state index is 6.91. The molecule has 7 heteroatoms. The van der Waals surface area contributed by atoms with Crippen LogP contribution in [-0.2, 0) is 0 Å². The van der Waals surface area contributed by atoms with Crippen LogP contribution in [0.1, 0.15) is 0 Å². The van der Waals surface area contributed by atoms with Gasteiger partial charge >= 0.3 is 22.4 Å². The number of para-hydroxylation sites is 4. The summed E-state index contributed by atoms with van der Waals surface area (Å²) in [5.41, 5.74) is 13.3. The lowest BCUT2D eigenvalue weighted by Gasteiger charge is -2.14. The number of furan rings is 2. The Balaban J connectivity index is 1.27. The molecule has 6 aromatic heterocycles. The average molecular weight is 796 g/mol. The molecule has 0 saturated carbocycles. The second kappa shape index (κ2) is 12.5. The third-order valence-electron chi connectivity index (χ3n) is 12.7. The molecule has 0 unspecified atom stereocenters. The Hall–Kier alpha value is -8.55. The molecule has 0 aliphatic heterocycles. The zero-order chi connectivity index (χ0) is 40.5. The lowest BCUT2D eigenvalue weighted by atomic mass is 10.0. The number of benzene rings is 8. The molecule has 0 saturated heterocycles. The topological polar surface area (TPSA) is 56.8 Å². The number of hydrogen-bond donors (Lipinski definition) is 0. The Morgan fingerprint density at radius 3 is 1.29 bits per heavy atom.